The van der Waals surface area contributed by atoms with Crippen LogP contribution in [-0.4, -0.2) is 0 Å². The Morgan fingerprint density at radius 1 is 1.00 bits per heavy atom. The second kappa shape index (κ2) is 11.7. The second-order valence-corrected chi connectivity index (χ2v) is 3.14. The van der Waals surface area contributed by atoms with Crippen molar-refractivity contribution in [2.45, 2.75) is 38.5 Å². The summed E-state index contributed by atoms with van der Waals surface area (Å²) in [4.78, 5) is 0. The van der Waals surface area contributed by atoms with E-state index < -0.39 is 0 Å². The molecule has 1 heteroatoms. The summed E-state index contributed by atoms with van der Waals surface area (Å²) < 4.78 is 0. The van der Waals surface area contributed by atoms with Crippen LogP contribution in [0.15, 0.2) is 37.0 Å². The van der Waals surface area contributed by atoms with E-state index in [0.29, 0.717) is 6.42 Å². The maximum absolute atomic E-state index is 8.27. The molecule has 0 amide bonds. The van der Waals surface area contributed by atoms with Crippen LogP contribution in [0.4, 0.5) is 0 Å². The van der Waals surface area contributed by atoms with E-state index in [1.807, 2.05) is 18.2 Å². The molecule has 0 aliphatic carbocycles. The molecule has 0 unspecified atom stereocenters. The maximum atomic E-state index is 8.27. The molecule has 0 saturated carbocycles. The molecular weight excluding hydrogens is 170 g/mol. The van der Waals surface area contributed by atoms with Crippen LogP contribution in [0.3, 0.4) is 0 Å². The van der Waals surface area contributed by atoms with Gasteiger partial charge in [-0.1, -0.05) is 43.4 Å². The Morgan fingerprint density at radius 3 is 2.36 bits per heavy atom. The minimum absolute atomic E-state index is 0.544. The van der Waals surface area contributed by atoms with Gasteiger partial charge in [-0.05, 0) is 25.7 Å². The van der Waals surface area contributed by atoms with Gasteiger partial charge in [0.1, 0.15) is 0 Å². The van der Waals surface area contributed by atoms with Crippen molar-refractivity contribution in [3.05, 3.63) is 37.0 Å². The molecule has 0 N–H and O–H groups in total. The number of nitriles is 1. The van der Waals surface area contributed by atoms with E-state index in [4.69, 9.17) is 5.26 Å². The quantitative estimate of drug-likeness (QED) is 0.319. The minimum atomic E-state index is 0.544. The maximum Gasteiger partial charge on any atom is 0.0663 e. The Kier molecular flexibility index (Phi) is 10.6. The average Bonchev–Trinajstić information content (AvgIpc) is 2.21. The molecule has 0 aromatic carbocycles. The number of unbranched alkanes of at least 4 members (excludes halogenated alkanes) is 4. The van der Waals surface area contributed by atoms with Gasteiger partial charge in [-0.15, -0.1) is 0 Å². The van der Waals surface area contributed by atoms with Crippen LogP contribution in [0, 0.1) is 11.3 Å². The molecule has 1 nitrogen and oxygen atoms in total. The van der Waals surface area contributed by atoms with Crippen LogP contribution in [0.5, 0.6) is 0 Å². The van der Waals surface area contributed by atoms with Crippen molar-refractivity contribution in [1.29, 1.82) is 5.26 Å². The lowest BCUT2D eigenvalue weighted by molar-refractivity contribution is 0.695. The summed E-state index contributed by atoms with van der Waals surface area (Å²) >= 11 is 0. The van der Waals surface area contributed by atoms with Gasteiger partial charge in [0.15, 0.2) is 0 Å². The van der Waals surface area contributed by atoms with Crippen molar-refractivity contribution in [3.63, 3.8) is 0 Å². The SMILES string of the molecule is C=C/C=C/CCCCC/C=C/CC#N. The number of rotatable bonds is 8. The van der Waals surface area contributed by atoms with Gasteiger partial charge in [-0.3, -0.25) is 0 Å². The van der Waals surface area contributed by atoms with E-state index >= 15 is 0 Å². The van der Waals surface area contributed by atoms with Crippen molar-refractivity contribution < 1.29 is 0 Å². The number of nitrogens with zero attached hydrogens (tertiary/aromatic N) is 1. The normalized spacial score (nSPS) is 10.8. The van der Waals surface area contributed by atoms with Crippen molar-refractivity contribution in [3.8, 4) is 6.07 Å². The molecule has 0 aliphatic rings. The smallest absolute Gasteiger partial charge is 0.0663 e. The Hall–Kier alpha value is -1.29. The predicted octanol–water partition coefficient (Wildman–Crippen LogP) is 4.15. The molecule has 0 spiro atoms. The van der Waals surface area contributed by atoms with Crippen LogP contribution in [0.2, 0.25) is 0 Å². The highest BCUT2D eigenvalue weighted by Crippen LogP contribution is 2.04. The first-order chi connectivity index (χ1) is 6.91. The van der Waals surface area contributed by atoms with E-state index in [2.05, 4.69) is 24.8 Å². The fourth-order valence-electron chi connectivity index (χ4n) is 1.15. The number of hydrogen-bond acceptors (Lipinski definition) is 1. The molecule has 0 fully saturated rings. The third-order valence-corrected chi connectivity index (χ3v) is 1.89. The highest BCUT2D eigenvalue weighted by Gasteiger charge is 1.85. The highest BCUT2D eigenvalue weighted by atomic mass is 14.2. The molecule has 0 bridgehead atoms. The summed E-state index contributed by atoms with van der Waals surface area (Å²) in [7, 11) is 0. The fourth-order valence-corrected chi connectivity index (χ4v) is 1.15. The first-order valence-electron chi connectivity index (χ1n) is 5.21. The first kappa shape index (κ1) is 12.7. The topological polar surface area (TPSA) is 23.8 Å². The molecule has 76 valence electrons. The van der Waals surface area contributed by atoms with E-state index in [0.717, 1.165) is 12.8 Å². The molecule has 0 radical (unpaired) electrons. The van der Waals surface area contributed by atoms with Crippen molar-refractivity contribution in [1.82, 2.24) is 0 Å². The van der Waals surface area contributed by atoms with Crippen LogP contribution in [0.1, 0.15) is 38.5 Å². The highest BCUT2D eigenvalue weighted by molar-refractivity contribution is 4.96. The Balaban J connectivity index is 3.10. The number of allylic oxidation sites excluding steroid dienone is 5. The van der Waals surface area contributed by atoms with Crippen molar-refractivity contribution in [2.75, 3.05) is 0 Å². The van der Waals surface area contributed by atoms with Gasteiger partial charge in [0.05, 0.1) is 12.5 Å². The van der Waals surface area contributed by atoms with Gasteiger partial charge < -0.3 is 0 Å². The van der Waals surface area contributed by atoms with Gasteiger partial charge in [-0.25, -0.2) is 0 Å². The summed E-state index contributed by atoms with van der Waals surface area (Å²) in [6, 6.07) is 2.09. The summed E-state index contributed by atoms with van der Waals surface area (Å²) in [5, 5.41) is 8.27. The summed E-state index contributed by atoms with van der Waals surface area (Å²) in [6.07, 6.45) is 16.5. The third kappa shape index (κ3) is 10.7. The standard InChI is InChI=1S/C13H19N/c1-2-3-4-5-6-7-8-9-10-11-12-13-14/h2-4,10-11H,1,5-9,12H2/b4-3+,11-10+. The van der Waals surface area contributed by atoms with Crippen LogP contribution in [0.25, 0.3) is 0 Å². The van der Waals surface area contributed by atoms with Gasteiger partial charge in [-0.2, -0.15) is 5.26 Å². The molecule has 0 saturated heterocycles. The Labute approximate surface area is 87.4 Å². The number of hydrogen-bond donors (Lipinski definition) is 0. The molecular formula is C13H19N. The molecule has 0 aromatic heterocycles. The Morgan fingerprint density at radius 2 is 1.71 bits per heavy atom. The average molecular weight is 189 g/mol. The van der Waals surface area contributed by atoms with Gasteiger partial charge in [0.25, 0.3) is 0 Å². The van der Waals surface area contributed by atoms with Crippen LogP contribution >= 0.6 is 0 Å². The third-order valence-electron chi connectivity index (χ3n) is 1.89. The summed E-state index contributed by atoms with van der Waals surface area (Å²) in [6.45, 7) is 3.61. The molecule has 0 heterocycles. The lowest BCUT2D eigenvalue weighted by Crippen LogP contribution is -1.74. The van der Waals surface area contributed by atoms with Gasteiger partial charge in [0.2, 0.25) is 0 Å². The van der Waals surface area contributed by atoms with Crippen molar-refractivity contribution in [2.24, 2.45) is 0 Å². The van der Waals surface area contributed by atoms with Crippen LogP contribution < -0.4 is 0 Å². The molecule has 0 aliphatic heterocycles. The first-order valence-corrected chi connectivity index (χ1v) is 5.21. The zero-order valence-electron chi connectivity index (χ0n) is 8.78. The molecule has 14 heavy (non-hydrogen) atoms. The fraction of sp³-hybridized carbons (Fsp3) is 0.462. The monoisotopic (exact) mass is 189 g/mol. The molecule has 0 rings (SSSR count). The Bertz CT molecular complexity index is 218. The second-order valence-electron chi connectivity index (χ2n) is 3.14. The van der Waals surface area contributed by atoms with E-state index in [1.165, 1.54) is 19.3 Å². The minimum Gasteiger partial charge on any atom is -0.198 e. The predicted molar refractivity (Wildman–Crippen MR) is 61.8 cm³/mol. The van der Waals surface area contributed by atoms with Crippen LogP contribution in [-0.2, 0) is 0 Å². The zero-order chi connectivity index (χ0) is 10.5. The summed E-state index contributed by atoms with van der Waals surface area (Å²) in [5.41, 5.74) is 0. The van der Waals surface area contributed by atoms with E-state index in [9.17, 15) is 0 Å². The lowest BCUT2D eigenvalue weighted by atomic mass is 10.1. The van der Waals surface area contributed by atoms with Gasteiger partial charge in [0, 0.05) is 0 Å². The van der Waals surface area contributed by atoms with E-state index in [-0.39, 0.29) is 0 Å². The van der Waals surface area contributed by atoms with Gasteiger partial charge >= 0.3 is 0 Å². The lowest BCUT2D eigenvalue weighted by Gasteiger charge is -1.94. The van der Waals surface area contributed by atoms with E-state index in [1.54, 1.807) is 0 Å². The molecule has 0 aromatic rings. The van der Waals surface area contributed by atoms with Crippen molar-refractivity contribution >= 4 is 0 Å². The summed E-state index contributed by atoms with van der Waals surface area (Å²) in [5.74, 6) is 0. The molecule has 0 atom stereocenters. The zero-order valence-corrected chi connectivity index (χ0v) is 8.78. The largest absolute Gasteiger partial charge is 0.198 e.